The molecule has 0 radical (unpaired) electrons. The Labute approximate surface area is 124 Å². The molecular formula is C15H21NO5. The van der Waals surface area contributed by atoms with Crippen molar-refractivity contribution >= 4 is 11.9 Å². The maximum Gasteiger partial charge on any atom is 0.322 e. The minimum absolute atomic E-state index is 0.339. The highest BCUT2D eigenvalue weighted by molar-refractivity contribution is 5.96. The van der Waals surface area contributed by atoms with Gasteiger partial charge in [0.1, 0.15) is 6.54 Å². The summed E-state index contributed by atoms with van der Waals surface area (Å²) in [6.45, 7) is 4.64. The van der Waals surface area contributed by atoms with E-state index in [2.05, 4.69) is 5.32 Å². The first-order chi connectivity index (χ1) is 10.1. The van der Waals surface area contributed by atoms with E-state index in [-0.39, 0.29) is 0 Å². The summed E-state index contributed by atoms with van der Waals surface area (Å²) in [5.74, 6) is -0.470. The fourth-order valence-corrected chi connectivity index (χ4v) is 1.56. The molecule has 1 rings (SSSR count). The van der Waals surface area contributed by atoms with Gasteiger partial charge in [0.05, 0.1) is 13.2 Å². The monoisotopic (exact) mass is 295 g/mol. The number of nitrogens with one attached hydrogen (secondary N) is 1. The highest BCUT2D eigenvalue weighted by atomic mass is 16.5. The van der Waals surface area contributed by atoms with Crippen LogP contribution in [-0.4, -0.2) is 36.7 Å². The van der Waals surface area contributed by atoms with E-state index in [0.29, 0.717) is 30.3 Å². The molecule has 116 valence electrons. The van der Waals surface area contributed by atoms with Crippen LogP contribution in [0, 0.1) is 0 Å². The van der Waals surface area contributed by atoms with Crippen molar-refractivity contribution in [2.75, 3.05) is 19.8 Å². The summed E-state index contributed by atoms with van der Waals surface area (Å²) >= 11 is 0. The number of amides is 1. The molecule has 0 saturated heterocycles. The van der Waals surface area contributed by atoms with Crippen LogP contribution in [-0.2, 0) is 4.79 Å². The van der Waals surface area contributed by atoms with Crippen molar-refractivity contribution in [2.45, 2.75) is 26.7 Å². The lowest BCUT2D eigenvalue weighted by atomic mass is 10.2. The SMILES string of the molecule is CCCOc1ccc(C(=O)NCC(=O)O)cc1OCCC. The van der Waals surface area contributed by atoms with Crippen molar-refractivity contribution in [3.63, 3.8) is 0 Å². The number of benzene rings is 1. The maximum atomic E-state index is 11.8. The normalized spacial score (nSPS) is 10.0. The van der Waals surface area contributed by atoms with Crippen LogP contribution in [0.25, 0.3) is 0 Å². The first-order valence-electron chi connectivity index (χ1n) is 6.98. The van der Waals surface area contributed by atoms with E-state index in [9.17, 15) is 9.59 Å². The molecule has 0 atom stereocenters. The van der Waals surface area contributed by atoms with Crippen LogP contribution in [0.2, 0.25) is 0 Å². The number of ether oxygens (including phenoxy) is 2. The molecule has 0 aliphatic carbocycles. The van der Waals surface area contributed by atoms with Crippen molar-refractivity contribution in [3.8, 4) is 11.5 Å². The number of carbonyl (C=O) groups excluding carboxylic acids is 1. The number of rotatable bonds is 9. The fourth-order valence-electron chi connectivity index (χ4n) is 1.56. The molecule has 0 fully saturated rings. The Morgan fingerprint density at radius 3 is 2.29 bits per heavy atom. The predicted molar refractivity (Wildman–Crippen MR) is 78.0 cm³/mol. The molecule has 6 nitrogen and oxygen atoms in total. The number of hydrogen-bond acceptors (Lipinski definition) is 4. The number of hydrogen-bond donors (Lipinski definition) is 2. The van der Waals surface area contributed by atoms with Crippen molar-refractivity contribution in [2.24, 2.45) is 0 Å². The molecule has 0 aliphatic rings. The largest absolute Gasteiger partial charge is 0.490 e. The first kappa shape index (κ1) is 16.8. The van der Waals surface area contributed by atoms with E-state index in [0.717, 1.165) is 12.8 Å². The molecule has 21 heavy (non-hydrogen) atoms. The molecule has 1 aromatic rings. The first-order valence-corrected chi connectivity index (χ1v) is 6.98. The molecule has 0 heterocycles. The van der Waals surface area contributed by atoms with Gasteiger partial charge in [-0.3, -0.25) is 9.59 Å². The van der Waals surface area contributed by atoms with E-state index in [1.165, 1.54) is 0 Å². The van der Waals surface area contributed by atoms with Crippen molar-refractivity contribution in [1.29, 1.82) is 0 Å². The summed E-state index contributed by atoms with van der Waals surface area (Å²) in [6, 6.07) is 4.81. The Balaban J connectivity index is 2.86. The van der Waals surface area contributed by atoms with E-state index in [4.69, 9.17) is 14.6 Å². The second-order valence-corrected chi connectivity index (χ2v) is 4.43. The Morgan fingerprint density at radius 2 is 1.71 bits per heavy atom. The second-order valence-electron chi connectivity index (χ2n) is 4.43. The summed E-state index contributed by atoms with van der Waals surface area (Å²) in [6.07, 6.45) is 1.71. The molecule has 0 bridgehead atoms. The molecular weight excluding hydrogens is 274 g/mol. The molecule has 1 aromatic carbocycles. The van der Waals surface area contributed by atoms with Crippen LogP contribution in [0.5, 0.6) is 11.5 Å². The van der Waals surface area contributed by atoms with E-state index in [1.54, 1.807) is 18.2 Å². The van der Waals surface area contributed by atoms with Gasteiger partial charge in [-0.2, -0.15) is 0 Å². The number of carboxylic acid groups (broad SMARTS) is 1. The number of carbonyl (C=O) groups is 2. The average molecular weight is 295 g/mol. The fraction of sp³-hybridized carbons (Fsp3) is 0.467. The summed E-state index contributed by atoms with van der Waals surface area (Å²) in [7, 11) is 0. The predicted octanol–water partition coefficient (Wildman–Crippen LogP) is 2.08. The highest BCUT2D eigenvalue weighted by Gasteiger charge is 2.12. The summed E-state index contributed by atoms with van der Waals surface area (Å²) in [4.78, 5) is 22.3. The summed E-state index contributed by atoms with van der Waals surface area (Å²) < 4.78 is 11.1. The lowest BCUT2D eigenvalue weighted by Gasteiger charge is -2.13. The van der Waals surface area contributed by atoms with E-state index < -0.39 is 18.4 Å². The Bertz CT molecular complexity index is 487. The third kappa shape index (κ3) is 5.72. The minimum Gasteiger partial charge on any atom is -0.490 e. The molecule has 0 spiro atoms. The highest BCUT2D eigenvalue weighted by Crippen LogP contribution is 2.28. The Kier molecular flexibility index (Phi) is 7.08. The van der Waals surface area contributed by atoms with Gasteiger partial charge >= 0.3 is 5.97 Å². The van der Waals surface area contributed by atoms with Crippen LogP contribution < -0.4 is 14.8 Å². The quantitative estimate of drug-likeness (QED) is 0.728. The van der Waals surface area contributed by atoms with Crippen LogP contribution in [0.4, 0.5) is 0 Å². The van der Waals surface area contributed by atoms with Crippen molar-refractivity contribution in [3.05, 3.63) is 23.8 Å². The number of carboxylic acids is 1. The zero-order valence-corrected chi connectivity index (χ0v) is 12.3. The zero-order valence-electron chi connectivity index (χ0n) is 12.3. The molecule has 0 unspecified atom stereocenters. The number of aliphatic carboxylic acids is 1. The summed E-state index contributed by atoms with van der Waals surface area (Å²) in [5, 5.41) is 10.9. The van der Waals surface area contributed by atoms with Gasteiger partial charge in [-0.25, -0.2) is 0 Å². The molecule has 6 heteroatoms. The van der Waals surface area contributed by atoms with Gasteiger partial charge in [-0.15, -0.1) is 0 Å². The van der Waals surface area contributed by atoms with Crippen molar-refractivity contribution < 1.29 is 24.2 Å². The Morgan fingerprint density at radius 1 is 1.10 bits per heavy atom. The van der Waals surface area contributed by atoms with Crippen LogP contribution in [0.15, 0.2) is 18.2 Å². The van der Waals surface area contributed by atoms with Gasteiger partial charge in [0.2, 0.25) is 0 Å². The molecule has 0 aromatic heterocycles. The summed E-state index contributed by atoms with van der Waals surface area (Å²) in [5.41, 5.74) is 0.339. The van der Waals surface area contributed by atoms with Crippen LogP contribution in [0.3, 0.4) is 0 Å². The van der Waals surface area contributed by atoms with Gasteiger partial charge in [0.25, 0.3) is 5.91 Å². The minimum atomic E-state index is -1.09. The molecule has 0 saturated carbocycles. The lowest BCUT2D eigenvalue weighted by molar-refractivity contribution is -0.135. The molecule has 0 aliphatic heterocycles. The lowest BCUT2D eigenvalue weighted by Crippen LogP contribution is -2.29. The van der Waals surface area contributed by atoms with Crippen molar-refractivity contribution in [1.82, 2.24) is 5.32 Å². The van der Waals surface area contributed by atoms with Gasteiger partial charge < -0.3 is 19.9 Å². The second kappa shape index (κ2) is 8.84. The standard InChI is InChI=1S/C15H21NO5/c1-3-7-20-12-6-5-11(9-13(12)21-8-4-2)15(19)16-10-14(17)18/h5-6,9H,3-4,7-8,10H2,1-2H3,(H,16,19)(H,17,18). The van der Waals surface area contributed by atoms with E-state index >= 15 is 0 Å². The topological polar surface area (TPSA) is 84.9 Å². The molecule has 2 N–H and O–H groups in total. The smallest absolute Gasteiger partial charge is 0.322 e. The third-order valence-corrected chi connectivity index (χ3v) is 2.53. The van der Waals surface area contributed by atoms with E-state index in [1.807, 2.05) is 13.8 Å². The van der Waals surface area contributed by atoms with Crippen LogP contribution in [0.1, 0.15) is 37.0 Å². The van der Waals surface area contributed by atoms with Gasteiger partial charge in [-0.1, -0.05) is 13.8 Å². The van der Waals surface area contributed by atoms with Gasteiger partial charge in [0.15, 0.2) is 11.5 Å². The molecule has 1 amide bonds. The zero-order chi connectivity index (χ0) is 15.7. The van der Waals surface area contributed by atoms with Gasteiger partial charge in [-0.05, 0) is 31.0 Å². The third-order valence-electron chi connectivity index (χ3n) is 2.53. The Hall–Kier alpha value is -2.24. The van der Waals surface area contributed by atoms with Gasteiger partial charge in [0, 0.05) is 5.56 Å². The maximum absolute atomic E-state index is 11.8. The van der Waals surface area contributed by atoms with Crippen LogP contribution >= 0.6 is 0 Å². The average Bonchev–Trinajstić information content (AvgIpc) is 2.48.